The van der Waals surface area contributed by atoms with Crippen LogP contribution in [0, 0.1) is 11.8 Å². The van der Waals surface area contributed by atoms with Crippen LogP contribution in [-0.4, -0.2) is 28.2 Å². The first-order valence-electron chi connectivity index (χ1n) is 7.73. The zero-order valence-corrected chi connectivity index (χ0v) is 13.6. The fourth-order valence-electron chi connectivity index (χ4n) is 2.22. The number of hydrogen-bond donors (Lipinski definition) is 1. The van der Waals surface area contributed by atoms with Crippen molar-refractivity contribution in [1.82, 2.24) is 15.3 Å². The largest absolute Gasteiger partial charge is 0.340 e. The van der Waals surface area contributed by atoms with Crippen molar-refractivity contribution in [2.24, 2.45) is 0 Å². The van der Waals surface area contributed by atoms with Gasteiger partial charge in [0.1, 0.15) is 5.69 Å². The summed E-state index contributed by atoms with van der Waals surface area (Å²) in [6.45, 7) is 1.72. The van der Waals surface area contributed by atoms with E-state index in [0.717, 1.165) is 11.1 Å². The van der Waals surface area contributed by atoms with Crippen molar-refractivity contribution in [3.8, 4) is 11.8 Å². The Bertz CT molecular complexity index is 999. The van der Waals surface area contributed by atoms with Gasteiger partial charge in [0.15, 0.2) is 5.78 Å². The smallest absolute Gasteiger partial charge is 0.272 e. The van der Waals surface area contributed by atoms with Gasteiger partial charge in [-0.15, -0.1) is 0 Å². The lowest BCUT2D eigenvalue weighted by Gasteiger charge is -2.02. The minimum absolute atomic E-state index is 0.0169. The topological polar surface area (TPSA) is 72.0 Å². The number of hydrogen-bond acceptors (Lipinski definition) is 4. The van der Waals surface area contributed by atoms with Gasteiger partial charge in [0, 0.05) is 11.1 Å². The van der Waals surface area contributed by atoms with Crippen LogP contribution in [0.1, 0.15) is 33.3 Å². The number of amides is 1. The van der Waals surface area contributed by atoms with Crippen LogP contribution in [0.5, 0.6) is 0 Å². The summed E-state index contributed by atoms with van der Waals surface area (Å²) in [6.07, 6.45) is 1.45. The first-order chi connectivity index (χ1) is 12.1. The Morgan fingerprint density at radius 1 is 1.04 bits per heavy atom. The van der Waals surface area contributed by atoms with Gasteiger partial charge in [-0.1, -0.05) is 36.1 Å². The Labute approximate surface area is 145 Å². The Kier molecular flexibility index (Phi) is 4.82. The van der Waals surface area contributed by atoms with Gasteiger partial charge in [-0.25, -0.2) is 4.98 Å². The Balaban J connectivity index is 1.61. The van der Waals surface area contributed by atoms with Crippen molar-refractivity contribution in [3.05, 3.63) is 71.5 Å². The second-order valence-corrected chi connectivity index (χ2v) is 5.36. The average molecular weight is 329 g/mol. The molecule has 0 spiro atoms. The molecule has 0 radical (unpaired) electrons. The number of ketones is 1. The molecule has 0 saturated carbocycles. The van der Waals surface area contributed by atoms with Crippen molar-refractivity contribution >= 4 is 22.7 Å². The molecule has 2 aromatic carbocycles. The van der Waals surface area contributed by atoms with Crippen LogP contribution in [0.15, 0.2) is 54.7 Å². The summed E-state index contributed by atoms with van der Waals surface area (Å²) in [5.74, 6) is 5.51. The molecule has 0 atom stereocenters. The van der Waals surface area contributed by atoms with Crippen LogP contribution in [-0.2, 0) is 0 Å². The van der Waals surface area contributed by atoms with Crippen molar-refractivity contribution in [1.29, 1.82) is 0 Å². The van der Waals surface area contributed by atoms with Crippen LogP contribution in [0.2, 0.25) is 0 Å². The fourth-order valence-corrected chi connectivity index (χ4v) is 2.22. The van der Waals surface area contributed by atoms with E-state index in [1.807, 2.05) is 24.3 Å². The van der Waals surface area contributed by atoms with Crippen LogP contribution < -0.4 is 5.32 Å². The molecule has 3 aromatic rings. The van der Waals surface area contributed by atoms with Crippen LogP contribution in [0.3, 0.4) is 0 Å². The zero-order chi connectivity index (χ0) is 17.6. The highest BCUT2D eigenvalue weighted by Crippen LogP contribution is 2.08. The summed E-state index contributed by atoms with van der Waals surface area (Å²) < 4.78 is 0. The normalized spacial score (nSPS) is 9.96. The van der Waals surface area contributed by atoms with Crippen LogP contribution in [0.25, 0.3) is 11.0 Å². The van der Waals surface area contributed by atoms with E-state index in [9.17, 15) is 9.59 Å². The number of fused-ring (bicyclic) bond motifs is 1. The number of para-hydroxylation sites is 2. The van der Waals surface area contributed by atoms with Gasteiger partial charge in [0.2, 0.25) is 0 Å². The van der Waals surface area contributed by atoms with E-state index in [4.69, 9.17) is 0 Å². The maximum Gasteiger partial charge on any atom is 0.272 e. The number of aromatic nitrogens is 2. The van der Waals surface area contributed by atoms with E-state index in [2.05, 4.69) is 27.1 Å². The average Bonchev–Trinajstić information content (AvgIpc) is 2.65. The number of rotatable bonds is 3. The number of benzene rings is 2. The molecule has 0 aliphatic carbocycles. The molecule has 0 bridgehead atoms. The highest BCUT2D eigenvalue weighted by molar-refractivity contribution is 5.94. The standard InChI is InChI=1S/C20H15N3O2/c1-14(24)16-10-8-15(9-11-16)5-4-12-21-20(25)19-13-22-17-6-2-3-7-18(17)23-19/h2-3,6-11,13H,12H2,1H3,(H,21,25). The third kappa shape index (κ3) is 4.06. The first-order valence-corrected chi connectivity index (χ1v) is 7.73. The quantitative estimate of drug-likeness (QED) is 0.592. The molecule has 3 rings (SSSR count). The lowest BCUT2D eigenvalue weighted by molar-refractivity contribution is 0.0952. The molecule has 25 heavy (non-hydrogen) atoms. The maximum absolute atomic E-state index is 12.1. The van der Waals surface area contributed by atoms with Gasteiger partial charge in [-0.3, -0.25) is 14.6 Å². The van der Waals surface area contributed by atoms with E-state index in [0.29, 0.717) is 11.1 Å². The maximum atomic E-state index is 12.1. The first kappa shape index (κ1) is 16.3. The van der Waals surface area contributed by atoms with Crippen molar-refractivity contribution in [2.75, 3.05) is 6.54 Å². The van der Waals surface area contributed by atoms with E-state index in [-0.39, 0.29) is 23.9 Å². The minimum Gasteiger partial charge on any atom is -0.340 e. The third-order valence-electron chi connectivity index (χ3n) is 3.54. The van der Waals surface area contributed by atoms with Gasteiger partial charge in [-0.2, -0.15) is 0 Å². The number of Topliss-reactive ketones (excluding diaryl/α,β-unsaturated/α-hetero) is 1. The summed E-state index contributed by atoms with van der Waals surface area (Å²) in [5, 5.41) is 2.69. The monoisotopic (exact) mass is 329 g/mol. The van der Waals surface area contributed by atoms with E-state index >= 15 is 0 Å². The predicted octanol–water partition coefficient (Wildman–Crippen LogP) is 2.61. The SMILES string of the molecule is CC(=O)c1ccc(C#CCNC(=O)c2cnc3ccccc3n2)cc1. The highest BCUT2D eigenvalue weighted by Gasteiger charge is 2.07. The molecule has 1 N–H and O–H groups in total. The van der Waals surface area contributed by atoms with E-state index < -0.39 is 0 Å². The molecule has 0 aliphatic heterocycles. The zero-order valence-electron chi connectivity index (χ0n) is 13.6. The molecule has 0 aliphatic rings. The molecular formula is C20H15N3O2. The minimum atomic E-state index is -0.320. The molecular weight excluding hydrogens is 314 g/mol. The number of carbonyl (C=O) groups is 2. The summed E-state index contributed by atoms with van der Waals surface area (Å²) >= 11 is 0. The van der Waals surface area contributed by atoms with Crippen molar-refractivity contribution in [3.63, 3.8) is 0 Å². The Hall–Kier alpha value is -3.52. The van der Waals surface area contributed by atoms with Crippen molar-refractivity contribution < 1.29 is 9.59 Å². The van der Waals surface area contributed by atoms with Gasteiger partial charge < -0.3 is 5.32 Å². The molecule has 5 heteroatoms. The van der Waals surface area contributed by atoms with Gasteiger partial charge in [0.05, 0.1) is 23.8 Å². The Morgan fingerprint density at radius 3 is 2.48 bits per heavy atom. The summed E-state index contributed by atoms with van der Waals surface area (Å²) in [6, 6.07) is 14.4. The lowest BCUT2D eigenvalue weighted by Crippen LogP contribution is -2.24. The molecule has 122 valence electrons. The van der Waals surface area contributed by atoms with Crippen LogP contribution >= 0.6 is 0 Å². The van der Waals surface area contributed by atoms with Crippen LogP contribution in [0.4, 0.5) is 0 Å². The summed E-state index contributed by atoms with van der Waals surface area (Å²) in [4.78, 5) is 31.8. The lowest BCUT2D eigenvalue weighted by atomic mass is 10.1. The predicted molar refractivity (Wildman–Crippen MR) is 95.2 cm³/mol. The summed E-state index contributed by atoms with van der Waals surface area (Å²) in [7, 11) is 0. The third-order valence-corrected chi connectivity index (χ3v) is 3.54. The van der Waals surface area contributed by atoms with Gasteiger partial charge >= 0.3 is 0 Å². The number of carbonyl (C=O) groups excluding carboxylic acids is 2. The Morgan fingerprint density at radius 2 is 1.76 bits per heavy atom. The van der Waals surface area contributed by atoms with E-state index in [1.54, 1.807) is 24.3 Å². The fraction of sp³-hybridized carbons (Fsp3) is 0.100. The molecule has 1 aromatic heterocycles. The highest BCUT2D eigenvalue weighted by atomic mass is 16.1. The van der Waals surface area contributed by atoms with Gasteiger partial charge in [-0.05, 0) is 31.2 Å². The number of nitrogens with one attached hydrogen (secondary N) is 1. The second-order valence-electron chi connectivity index (χ2n) is 5.36. The summed E-state index contributed by atoms with van der Waals surface area (Å²) in [5.41, 5.74) is 3.10. The van der Waals surface area contributed by atoms with Crippen molar-refractivity contribution in [2.45, 2.75) is 6.92 Å². The number of nitrogens with zero attached hydrogens (tertiary/aromatic N) is 2. The molecule has 5 nitrogen and oxygen atoms in total. The second kappa shape index (κ2) is 7.37. The van der Waals surface area contributed by atoms with E-state index in [1.165, 1.54) is 13.1 Å². The van der Waals surface area contributed by atoms with Gasteiger partial charge in [0.25, 0.3) is 5.91 Å². The molecule has 1 heterocycles. The molecule has 0 saturated heterocycles. The molecule has 1 amide bonds. The molecule has 0 unspecified atom stereocenters. The molecule has 0 fully saturated rings.